The van der Waals surface area contributed by atoms with Gasteiger partial charge in [0.2, 0.25) is 5.91 Å². The Bertz CT molecular complexity index is 935. The lowest BCUT2D eigenvalue weighted by molar-refractivity contribution is -0.125. The molecule has 2 amide bonds. The van der Waals surface area contributed by atoms with Crippen molar-refractivity contribution in [1.82, 2.24) is 0 Å². The Balaban J connectivity index is 1.55. The highest BCUT2D eigenvalue weighted by Gasteiger charge is 2.31. The molecule has 0 radical (unpaired) electrons. The van der Waals surface area contributed by atoms with Crippen molar-refractivity contribution in [1.29, 1.82) is 0 Å². The molecule has 1 aliphatic heterocycles. The van der Waals surface area contributed by atoms with Crippen LogP contribution in [0.4, 0.5) is 11.4 Å². The second-order valence-electron chi connectivity index (χ2n) is 7.01. The largest absolute Gasteiger partial charge is 0.492 e. The summed E-state index contributed by atoms with van der Waals surface area (Å²) in [5.74, 6) is 0.956. The molecule has 2 aromatic carbocycles. The SMILES string of the molecule is CCCN1C(=O)C(C)Oc2ccc(NC(=O)CCCOc3ccc(Cl)cc3Cl)cc21. The zero-order chi connectivity index (χ0) is 21.7. The Morgan fingerprint density at radius 1 is 1.23 bits per heavy atom. The number of carbonyl (C=O) groups excluding carboxylic acids is 2. The van der Waals surface area contributed by atoms with Crippen LogP contribution in [0.15, 0.2) is 36.4 Å². The number of amides is 2. The first kappa shape index (κ1) is 22.2. The molecule has 1 unspecified atom stereocenters. The molecular formula is C22H24Cl2N2O4. The molecule has 30 heavy (non-hydrogen) atoms. The molecular weight excluding hydrogens is 427 g/mol. The summed E-state index contributed by atoms with van der Waals surface area (Å²) in [5, 5.41) is 3.84. The van der Waals surface area contributed by atoms with E-state index in [1.54, 1.807) is 48.2 Å². The summed E-state index contributed by atoms with van der Waals surface area (Å²) in [6.07, 6.45) is 1.12. The maximum Gasteiger partial charge on any atom is 0.267 e. The minimum atomic E-state index is -0.515. The van der Waals surface area contributed by atoms with E-state index in [2.05, 4.69) is 5.32 Å². The second-order valence-corrected chi connectivity index (χ2v) is 7.85. The Hall–Kier alpha value is -2.44. The number of nitrogens with one attached hydrogen (secondary N) is 1. The van der Waals surface area contributed by atoms with Gasteiger partial charge in [-0.05, 0) is 56.2 Å². The van der Waals surface area contributed by atoms with E-state index in [1.807, 2.05) is 6.92 Å². The van der Waals surface area contributed by atoms with Crippen molar-refractivity contribution in [3.63, 3.8) is 0 Å². The quantitative estimate of drug-likeness (QED) is 0.552. The number of hydrogen-bond acceptors (Lipinski definition) is 4. The predicted octanol–water partition coefficient (Wildman–Crippen LogP) is 5.32. The standard InChI is InChI=1S/C22H24Cl2N2O4/c1-3-10-26-18-13-16(7-9-20(18)30-14(2)22(26)28)25-21(27)5-4-11-29-19-8-6-15(23)12-17(19)24/h6-9,12-14H,3-5,10-11H2,1-2H3,(H,25,27). The van der Waals surface area contributed by atoms with Gasteiger partial charge in [0.05, 0.1) is 17.3 Å². The molecule has 0 saturated heterocycles. The van der Waals surface area contributed by atoms with Crippen LogP contribution in [0.5, 0.6) is 11.5 Å². The minimum absolute atomic E-state index is 0.0779. The number of nitrogens with zero attached hydrogens (tertiary/aromatic N) is 1. The number of benzene rings is 2. The highest BCUT2D eigenvalue weighted by molar-refractivity contribution is 6.35. The van der Waals surface area contributed by atoms with Crippen LogP contribution in [0.3, 0.4) is 0 Å². The molecule has 0 saturated carbocycles. The van der Waals surface area contributed by atoms with E-state index in [9.17, 15) is 9.59 Å². The van der Waals surface area contributed by atoms with Crippen molar-refractivity contribution in [3.8, 4) is 11.5 Å². The Kier molecular flexibility index (Phi) is 7.45. The number of anilines is 2. The topological polar surface area (TPSA) is 67.9 Å². The van der Waals surface area contributed by atoms with Crippen molar-refractivity contribution in [3.05, 3.63) is 46.4 Å². The molecule has 0 aliphatic carbocycles. The average molecular weight is 451 g/mol. The van der Waals surface area contributed by atoms with E-state index in [1.165, 1.54) is 0 Å². The summed E-state index contributed by atoms with van der Waals surface area (Å²) in [6.45, 7) is 4.70. The third kappa shape index (κ3) is 5.37. The highest BCUT2D eigenvalue weighted by Crippen LogP contribution is 2.36. The smallest absolute Gasteiger partial charge is 0.267 e. The van der Waals surface area contributed by atoms with E-state index in [0.717, 1.165) is 6.42 Å². The van der Waals surface area contributed by atoms with Gasteiger partial charge in [0.1, 0.15) is 11.5 Å². The molecule has 1 N–H and O–H groups in total. The van der Waals surface area contributed by atoms with E-state index in [4.69, 9.17) is 32.7 Å². The first-order valence-electron chi connectivity index (χ1n) is 9.89. The third-order valence-electron chi connectivity index (χ3n) is 4.60. The molecule has 1 heterocycles. The first-order chi connectivity index (χ1) is 14.4. The van der Waals surface area contributed by atoms with Crippen molar-refractivity contribution in [2.24, 2.45) is 0 Å². The van der Waals surface area contributed by atoms with Gasteiger partial charge >= 0.3 is 0 Å². The van der Waals surface area contributed by atoms with E-state index in [-0.39, 0.29) is 18.2 Å². The van der Waals surface area contributed by atoms with E-state index in [0.29, 0.717) is 52.5 Å². The van der Waals surface area contributed by atoms with Gasteiger partial charge in [0, 0.05) is 23.7 Å². The van der Waals surface area contributed by atoms with Gasteiger partial charge in [-0.3, -0.25) is 9.59 Å². The lowest BCUT2D eigenvalue weighted by Crippen LogP contribution is -2.44. The first-order valence-corrected chi connectivity index (χ1v) is 10.6. The van der Waals surface area contributed by atoms with Crippen LogP contribution in [0.1, 0.15) is 33.1 Å². The molecule has 1 atom stereocenters. The molecule has 6 nitrogen and oxygen atoms in total. The fourth-order valence-corrected chi connectivity index (χ4v) is 3.63. The lowest BCUT2D eigenvalue weighted by Gasteiger charge is -2.33. The van der Waals surface area contributed by atoms with Crippen LogP contribution in [0.25, 0.3) is 0 Å². The molecule has 0 bridgehead atoms. The molecule has 160 valence electrons. The maximum absolute atomic E-state index is 12.4. The summed E-state index contributed by atoms with van der Waals surface area (Å²) in [4.78, 5) is 26.4. The van der Waals surface area contributed by atoms with Gasteiger partial charge in [-0.25, -0.2) is 0 Å². The van der Waals surface area contributed by atoms with Crippen LogP contribution in [-0.4, -0.2) is 31.1 Å². The fraction of sp³-hybridized carbons (Fsp3) is 0.364. The number of carbonyl (C=O) groups is 2. The Morgan fingerprint density at radius 3 is 2.77 bits per heavy atom. The van der Waals surface area contributed by atoms with Crippen molar-refractivity contribution in [2.75, 3.05) is 23.4 Å². The molecule has 8 heteroatoms. The third-order valence-corrected chi connectivity index (χ3v) is 5.13. The Labute approximate surface area is 186 Å². The van der Waals surface area contributed by atoms with Crippen LogP contribution < -0.4 is 19.7 Å². The second kappa shape index (κ2) is 10.0. The van der Waals surface area contributed by atoms with Gasteiger partial charge in [-0.1, -0.05) is 30.1 Å². The normalized spacial score (nSPS) is 15.4. The summed E-state index contributed by atoms with van der Waals surface area (Å²) in [6, 6.07) is 10.3. The van der Waals surface area contributed by atoms with Crippen LogP contribution in [0, 0.1) is 0 Å². The summed E-state index contributed by atoms with van der Waals surface area (Å²) in [5.41, 5.74) is 1.30. The monoisotopic (exact) mass is 450 g/mol. The highest BCUT2D eigenvalue weighted by atomic mass is 35.5. The van der Waals surface area contributed by atoms with Crippen molar-refractivity contribution >= 4 is 46.4 Å². The minimum Gasteiger partial charge on any atom is -0.492 e. The number of fused-ring (bicyclic) bond motifs is 1. The average Bonchev–Trinajstić information content (AvgIpc) is 2.70. The van der Waals surface area contributed by atoms with Gasteiger partial charge in [-0.15, -0.1) is 0 Å². The Morgan fingerprint density at radius 2 is 2.03 bits per heavy atom. The van der Waals surface area contributed by atoms with Crippen LogP contribution >= 0.6 is 23.2 Å². The molecule has 0 fully saturated rings. The summed E-state index contributed by atoms with van der Waals surface area (Å²) in [7, 11) is 0. The molecule has 1 aliphatic rings. The van der Waals surface area contributed by atoms with Crippen LogP contribution in [-0.2, 0) is 9.59 Å². The number of rotatable bonds is 8. The molecule has 2 aromatic rings. The van der Waals surface area contributed by atoms with Gasteiger partial charge < -0.3 is 19.7 Å². The molecule has 3 rings (SSSR count). The van der Waals surface area contributed by atoms with E-state index < -0.39 is 6.10 Å². The lowest BCUT2D eigenvalue weighted by atomic mass is 10.1. The molecule has 0 spiro atoms. The number of hydrogen-bond donors (Lipinski definition) is 1. The van der Waals surface area contributed by atoms with Crippen molar-refractivity contribution in [2.45, 2.75) is 39.2 Å². The van der Waals surface area contributed by atoms with Crippen LogP contribution in [0.2, 0.25) is 10.0 Å². The zero-order valence-electron chi connectivity index (χ0n) is 16.9. The van der Waals surface area contributed by atoms with Gasteiger partial charge in [-0.2, -0.15) is 0 Å². The van der Waals surface area contributed by atoms with Gasteiger partial charge in [0.25, 0.3) is 5.91 Å². The fourth-order valence-electron chi connectivity index (χ4n) is 3.17. The number of halogens is 2. The molecule has 0 aromatic heterocycles. The number of ether oxygens (including phenoxy) is 2. The zero-order valence-corrected chi connectivity index (χ0v) is 18.4. The summed E-state index contributed by atoms with van der Waals surface area (Å²) < 4.78 is 11.3. The summed E-state index contributed by atoms with van der Waals surface area (Å²) >= 11 is 11.9. The predicted molar refractivity (Wildman–Crippen MR) is 119 cm³/mol. The van der Waals surface area contributed by atoms with Gasteiger partial charge in [0.15, 0.2) is 6.10 Å². The van der Waals surface area contributed by atoms with Crippen molar-refractivity contribution < 1.29 is 19.1 Å². The van der Waals surface area contributed by atoms with E-state index >= 15 is 0 Å². The maximum atomic E-state index is 12.4.